The summed E-state index contributed by atoms with van der Waals surface area (Å²) in [7, 11) is 0. The summed E-state index contributed by atoms with van der Waals surface area (Å²) in [6.45, 7) is 0.230. The average Bonchev–Trinajstić information content (AvgIpc) is 2.96. The standard InChI is InChI=1S/C29H41N7O5S/c1-42-16-14-23(27(39)36-24(28(40)41)18-20-11-6-3-7-12-20)35-26(38)22(13-8-15-33-29(31)32)34-25(37)21(30)17-19-9-4-2-5-10-19/h2-7,9-12,21-24H,8,13-18,30H2,1H3,(H,34,37)(H,35,38)(H,36,39)(H,40,41)(H4,31,32,33). The largest absolute Gasteiger partial charge is 0.480 e. The molecule has 2 aromatic rings. The van der Waals surface area contributed by atoms with Crippen LogP contribution < -0.4 is 33.2 Å². The second-order valence-corrected chi connectivity index (χ2v) is 10.7. The van der Waals surface area contributed by atoms with Crippen LogP contribution in [0.1, 0.15) is 30.4 Å². The van der Waals surface area contributed by atoms with Crippen molar-refractivity contribution in [3.63, 3.8) is 0 Å². The van der Waals surface area contributed by atoms with Gasteiger partial charge in [0.25, 0.3) is 0 Å². The van der Waals surface area contributed by atoms with E-state index < -0.39 is 47.9 Å². The average molecular weight is 600 g/mol. The van der Waals surface area contributed by atoms with Gasteiger partial charge in [0.15, 0.2) is 5.96 Å². The molecule has 4 unspecified atom stereocenters. The van der Waals surface area contributed by atoms with E-state index in [-0.39, 0.29) is 38.2 Å². The Morgan fingerprint density at radius 3 is 1.81 bits per heavy atom. The zero-order chi connectivity index (χ0) is 30.9. The predicted molar refractivity (Wildman–Crippen MR) is 165 cm³/mol. The highest BCUT2D eigenvalue weighted by molar-refractivity contribution is 7.98. The molecule has 0 bridgehead atoms. The molecule has 4 atom stereocenters. The van der Waals surface area contributed by atoms with Gasteiger partial charge in [-0.05, 0) is 48.8 Å². The van der Waals surface area contributed by atoms with Crippen molar-refractivity contribution >= 4 is 41.4 Å². The maximum absolute atomic E-state index is 13.4. The molecule has 0 radical (unpaired) electrons. The summed E-state index contributed by atoms with van der Waals surface area (Å²) in [5.41, 5.74) is 18.5. The minimum Gasteiger partial charge on any atom is -0.480 e. The molecule has 0 saturated carbocycles. The van der Waals surface area contributed by atoms with Crippen molar-refractivity contribution in [2.45, 2.75) is 56.3 Å². The van der Waals surface area contributed by atoms with E-state index in [1.165, 1.54) is 11.8 Å². The Morgan fingerprint density at radius 2 is 1.29 bits per heavy atom. The Labute approximate surface area is 250 Å². The minimum absolute atomic E-state index is 0.0773. The molecule has 42 heavy (non-hydrogen) atoms. The van der Waals surface area contributed by atoms with Gasteiger partial charge in [-0.3, -0.25) is 19.4 Å². The number of carboxylic acid groups (broad SMARTS) is 1. The van der Waals surface area contributed by atoms with Crippen molar-refractivity contribution in [3.8, 4) is 0 Å². The molecule has 0 saturated heterocycles. The fourth-order valence-electron chi connectivity index (χ4n) is 4.11. The zero-order valence-electron chi connectivity index (χ0n) is 23.7. The van der Waals surface area contributed by atoms with E-state index in [1.54, 1.807) is 24.3 Å². The summed E-state index contributed by atoms with van der Waals surface area (Å²) in [5.74, 6) is -2.53. The molecule has 2 aromatic carbocycles. The number of carbonyl (C=O) groups excluding carboxylic acids is 3. The molecule has 2 rings (SSSR count). The van der Waals surface area contributed by atoms with Crippen LogP contribution in [0.3, 0.4) is 0 Å². The number of nitrogens with one attached hydrogen (secondary N) is 3. The third-order valence-corrected chi connectivity index (χ3v) is 7.00. The number of aliphatic imine (C=N–C) groups is 1. The second-order valence-electron chi connectivity index (χ2n) is 9.74. The van der Waals surface area contributed by atoms with Gasteiger partial charge in [0, 0.05) is 13.0 Å². The maximum Gasteiger partial charge on any atom is 0.326 e. The van der Waals surface area contributed by atoms with E-state index in [0.717, 1.165) is 11.1 Å². The Kier molecular flexibility index (Phi) is 14.9. The maximum atomic E-state index is 13.4. The fourth-order valence-corrected chi connectivity index (χ4v) is 4.58. The van der Waals surface area contributed by atoms with E-state index in [0.29, 0.717) is 12.2 Å². The number of hydrogen-bond donors (Lipinski definition) is 7. The van der Waals surface area contributed by atoms with Crippen LogP contribution in [0, 0.1) is 0 Å². The Bertz CT molecular complexity index is 1180. The molecule has 0 spiro atoms. The van der Waals surface area contributed by atoms with Gasteiger partial charge >= 0.3 is 5.97 Å². The van der Waals surface area contributed by atoms with Crippen LogP contribution in [0.4, 0.5) is 0 Å². The number of aliphatic carboxylic acids is 1. The third-order valence-electron chi connectivity index (χ3n) is 6.35. The lowest BCUT2D eigenvalue weighted by Crippen LogP contribution is -2.57. The van der Waals surface area contributed by atoms with Gasteiger partial charge in [0.05, 0.1) is 6.04 Å². The fraction of sp³-hybridized carbons (Fsp3) is 0.414. The Hall–Kier alpha value is -4.10. The van der Waals surface area contributed by atoms with E-state index in [2.05, 4.69) is 20.9 Å². The van der Waals surface area contributed by atoms with Crippen LogP contribution >= 0.6 is 11.8 Å². The number of carbonyl (C=O) groups is 4. The summed E-state index contributed by atoms with van der Waals surface area (Å²) in [4.78, 5) is 55.5. The van der Waals surface area contributed by atoms with Crippen LogP contribution in [0.15, 0.2) is 65.7 Å². The van der Waals surface area contributed by atoms with Crippen molar-refractivity contribution in [1.29, 1.82) is 0 Å². The number of rotatable bonds is 18. The highest BCUT2D eigenvalue weighted by Crippen LogP contribution is 2.08. The highest BCUT2D eigenvalue weighted by Gasteiger charge is 2.30. The van der Waals surface area contributed by atoms with Gasteiger partial charge < -0.3 is 38.3 Å². The zero-order valence-corrected chi connectivity index (χ0v) is 24.5. The lowest BCUT2D eigenvalue weighted by atomic mass is 10.0. The van der Waals surface area contributed by atoms with E-state index in [4.69, 9.17) is 17.2 Å². The highest BCUT2D eigenvalue weighted by atomic mass is 32.2. The quantitative estimate of drug-likeness (QED) is 0.0704. The molecule has 0 fully saturated rings. The second kappa shape index (κ2) is 18.4. The first-order chi connectivity index (χ1) is 20.1. The number of guanidine groups is 1. The number of thioether (sulfide) groups is 1. The molecule has 10 N–H and O–H groups in total. The normalized spacial score (nSPS) is 13.6. The lowest BCUT2D eigenvalue weighted by molar-refractivity contribution is -0.142. The van der Waals surface area contributed by atoms with Crippen molar-refractivity contribution in [2.75, 3.05) is 18.6 Å². The number of benzene rings is 2. The number of nitrogens with zero attached hydrogens (tertiary/aromatic N) is 1. The number of carboxylic acids is 1. The molecule has 0 aliphatic heterocycles. The molecular formula is C29H41N7O5S. The summed E-state index contributed by atoms with van der Waals surface area (Å²) >= 11 is 1.47. The molecule has 13 heteroatoms. The molecule has 0 aromatic heterocycles. The molecule has 0 aliphatic carbocycles. The monoisotopic (exact) mass is 599 g/mol. The first kappa shape index (κ1) is 34.1. The van der Waals surface area contributed by atoms with Crippen molar-refractivity contribution in [3.05, 3.63) is 71.8 Å². The van der Waals surface area contributed by atoms with Crippen molar-refractivity contribution in [1.82, 2.24) is 16.0 Å². The smallest absolute Gasteiger partial charge is 0.326 e. The van der Waals surface area contributed by atoms with Gasteiger partial charge in [-0.15, -0.1) is 0 Å². The SMILES string of the molecule is CSCCC(NC(=O)C(CCCN=C(N)N)NC(=O)C(N)Cc1ccccc1)C(=O)NC(Cc1ccccc1)C(=O)O. The Balaban J connectivity index is 2.15. The first-order valence-electron chi connectivity index (χ1n) is 13.6. The first-order valence-corrected chi connectivity index (χ1v) is 15.0. The van der Waals surface area contributed by atoms with E-state index >= 15 is 0 Å². The van der Waals surface area contributed by atoms with Crippen molar-refractivity contribution in [2.24, 2.45) is 22.2 Å². The molecule has 0 heterocycles. The molecular weight excluding hydrogens is 558 g/mol. The summed E-state index contributed by atoms with van der Waals surface area (Å²) in [6, 6.07) is 14.0. The number of amides is 3. The van der Waals surface area contributed by atoms with E-state index in [1.807, 2.05) is 42.7 Å². The van der Waals surface area contributed by atoms with Gasteiger partial charge in [-0.2, -0.15) is 11.8 Å². The Morgan fingerprint density at radius 1 is 0.786 bits per heavy atom. The van der Waals surface area contributed by atoms with Crippen LogP contribution in [0.5, 0.6) is 0 Å². The number of nitrogens with two attached hydrogens (primary N) is 3. The van der Waals surface area contributed by atoms with Crippen LogP contribution in [0.25, 0.3) is 0 Å². The van der Waals surface area contributed by atoms with Gasteiger partial charge in [-0.25, -0.2) is 4.79 Å². The molecule has 3 amide bonds. The number of hydrogen-bond acceptors (Lipinski definition) is 7. The lowest BCUT2D eigenvalue weighted by Gasteiger charge is -2.25. The van der Waals surface area contributed by atoms with E-state index in [9.17, 15) is 24.3 Å². The molecule has 0 aliphatic rings. The summed E-state index contributed by atoms with van der Waals surface area (Å²) < 4.78 is 0. The summed E-state index contributed by atoms with van der Waals surface area (Å²) in [6.07, 6.45) is 2.99. The van der Waals surface area contributed by atoms with Gasteiger partial charge in [0.1, 0.15) is 18.1 Å². The minimum atomic E-state index is -1.19. The topological polar surface area (TPSA) is 215 Å². The summed E-state index contributed by atoms with van der Waals surface area (Å²) in [5, 5.41) is 17.7. The molecule has 12 nitrogen and oxygen atoms in total. The van der Waals surface area contributed by atoms with Gasteiger partial charge in [0.2, 0.25) is 17.7 Å². The predicted octanol–water partition coefficient (Wildman–Crippen LogP) is 0.145. The van der Waals surface area contributed by atoms with Crippen LogP contribution in [0.2, 0.25) is 0 Å². The van der Waals surface area contributed by atoms with Crippen molar-refractivity contribution < 1.29 is 24.3 Å². The van der Waals surface area contributed by atoms with Crippen LogP contribution in [-0.2, 0) is 32.0 Å². The van der Waals surface area contributed by atoms with Gasteiger partial charge in [-0.1, -0.05) is 60.7 Å². The van der Waals surface area contributed by atoms with Crippen LogP contribution in [-0.4, -0.2) is 77.5 Å². The third kappa shape index (κ3) is 12.6. The molecule has 228 valence electrons.